The average molecular weight is 343 g/mol. The fourth-order valence-corrected chi connectivity index (χ4v) is 4.57. The summed E-state index contributed by atoms with van der Waals surface area (Å²) in [5.74, 6) is 1.04. The van der Waals surface area contributed by atoms with E-state index in [1.165, 1.54) is 17.7 Å². The van der Waals surface area contributed by atoms with Gasteiger partial charge in [-0.1, -0.05) is 25.0 Å². The van der Waals surface area contributed by atoms with Gasteiger partial charge in [0.25, 0.3) is 5.91 Å². The SMILES string of the molecule is CCN(C(=O)c1cc(-c2ccc(OC)cc2)c(C)s1)C1CCCC1. The minimum Gasteiger partial charge on any atom is -0.497 e. The maximum absolute atomic E-state index is 13.0. The number of hydrogen-bond donors (Lipinski definition) is 0. The molecule has 24 heavy (non-hydrogen) atoms. The van der Waals surface area contributed by atoms with E-state index in [1.54, 1.807) is 18.4 Å². The molecule has 0 radical (unpaired) electrons. The number of benzene rings is 1. The number of hydrogen-bond acceptors (Lipinski definition) is 3. The van der Waals surface area contributed by atoms with Gasteiger partial charge in [-0.15, -0.1) is 11.3 Å². The lowest BCUT2D eigenvalue weighted by atomic mass is 10.1. The largest absolute Gasteiger partial charge is 0.497 e. The Hall–Kier alpha value is -1.81. The summed E-state index contributed by atoms with van der Waals surface area (Å²) in [4.78, 5) is 17.1. The molecular formula is C20H25NO2S. The van der Waals surface area contributed by atoms with Crippen LogP contribution < -0.4 is 4.74 Å². The summed E-state index contributed by atoms with van der Waals surface area (Å²) in [6.45, 7) is 4.96. The average Bonchev–Trinajstić information content (AvgIpc) is 3.25. The van der Waals surface area contributed by atoms with E-state index >= 15 is 0 Å². The Morgan fingerprint density at radius 1 is 1.25 bits per heavy atom. The van der Waals surface area contributed by atoms with Crippen LogP contribution in [0.1, 0.15) is 47.2 Å². The van der Waals surface area contributed by atoms with Gasteiger partial charge in [0.2, 0.25) is 0 Å². The van der Waals surface area contributed by atoms with Crippen molar-refractivity contribution in [3.05, 3.63) is 40.1 Å². The van der Waals surface area contributed by atoms with Gasteiger partial charge >= 0.3 is 0 Å². The van der Waals surface area contributed by atoms with Crippen LogP contribution in [0.2, 0.25) is 0 Å². The van der Waals surface area contributed by atoms with Gasteiger partial charge in [0.1, 0.15) is 5.75 Å². The maximum Gasteiger partial charge on any atom is 0.264 e. The van der Waals surface area contributed by atoms with Gasteiger partial charge in [-0.2, -0.15) is 0 Å². The van der Waals surface area contributed by atoms with E-state index in [1.807, 2.05) is 12.1 Å². The number of ether oxygens (including phenoxy) is 1. The van der Waals surface area contributed by atoms with E-state index in [0.717, 1.165) is 41.1 Å². The lowest BCUT2D eigenvalue weighted by Crippen LogP contribution is -2.38. The first-order valence-electron chi connectivity index (χ1n) is 8.70. The molecule has 1 aliphatic carbocycles. The quantitative estimate of drug-likeness (QED) is 0.752. The molecule has 0 saturated heterocycles. The second-order valence-corrected chi connectivity index (χ2v) is 7.59. The fraction of sp³-hybridized carbons (Fsp3) is 0.450. The monoisotopic (exact) mass is 343 g/mol. The van der Waals surface area contributed by atoms with Crippen molar-refractivity contribution < 1.29 is 9.53 Å². The van der Waals surface area contributed by atoms with Gasteiger partial charge in [-0.25, -0.2) is 0 Å². The Labute approximate surface area is 148 Å². The van der Waals surface area contributed by atoms with Crippen LogP contribution in [0, 0.1) is 6.92 Å². The first-order chi connectivity index (χ1) is 11.6. The zero-order chi connectivity index (χ0) is 17.1. The molecule has 0 spiro atoms. The predicted octanol–water partition coefficient (Wildman–Crippen LogP) is 5.14. The number of carbonyl (C=O) groups is 1. The summed E-state index contributed by atoms with van der Waals surface area (Å²) in [7, 11) is 1.67. The molecular weight excluding hydrogens is 318 g/mol. The van der Waals surface area contributed by atoms with Gasteiger partial charge in [0, 0.05) is 17.5 Å². The van der Waals surface area contributed by atoms with Crippen molar-refractivity contribution in [3.63, 3.8) is 0 Å². The highest BCUT2D eigenvalue weighted by Gasteiger charge is 2.27. The molecule has 1 fully saturated rings. The van der Waals surface area contributed by atoms with E-state index in [0.29, 0.717) is 6.04 Å². The van der Waals surface area contributed by atoms with E-state index < -0.39 is 0 Å². The summed E-state index contributed by atoms with van der Waals surface area (Å²) in [6, 6.07) is 10.5. The molecule has 0 bridgehead atoms. The van der Waals surface area contributed by atoms with Crippen molar-refractivity contribution in [2.24, 2.45) is 0 Å². The highest BCUT2D eigenvalue weighted by atomic mass is 32.1. The van der Waals surface area contributed by atoms with Crippen molar-refractivity contribution in [3.8, 4) is 16.9 Å². The van der Waals surface area contributed by atoms with Crippen LogP contribution in [0.3, 0.4) is 0 Å². The summed E-state index contributed by atoms with van der Waals surface area (Å²) >= 11 is 1.61. The number of amides is 1. The van der Waals surface area contributed by atoms with E-state index in [-0.39, 0.29) is 5.91 Å². The highest BCUT2D eigenvalue weighted by Crippen LogP contribution is 2.34. The number of nitrogens with zero attached hydrogens (tertiary/aromatic N) is 1. The molecule has 1 amide bonds. The second kappa shape index (κ2) is 7.39. The van der Waals surface area contributed by atoms with E-state index in [4.69, 9.17) is 4.74 Å². The van der Waals surface area contributed by atoms with Gasteiger partial charge in [-0.05, 0) is 56.0 Å². The molecule has 128 valence electrons. The molecule has 1 aliphatic rings. The summed E-state index contributed by atoms with van der Waals surface area (Å²) < 4.78 is 5.22. The number of thiophene rings is 1. The minimum atomic E-state index is 0.192. The van der Waals surface area contributed by atoms with Crippen LogP contribution in [0.25, 0.3) is 11.1 Å². The lowest BCUT2D eigenvalue weighted by molar-refractivity contribution is 0.0698. The van der Waals surface area contributed by atoms with Crippen molar-refractivity contribution in [1.29, 1.82) is 0 Å². The minimum absolute atomic E-state index is 0.192. The summed E-state index contributed by atoms with van der Waals surface area (Å²) in [5, 5.41) is 0. The molecule has 0 unspecified atom stereocenters. The van der Waals surface area contributed by atoms with Gasteiger partial charge in [0.05, 0.1) is 12.0 Å². The molecule has 4 heteroatoms. The Kier molecular flexibility index (Phi) is 5.24. The molecule has 0 atom stereocenters. The van der Waals surface area contributed by atoms with E-state index in [9.17, 15) is 4.79 Å². The van der Waals surface area contributed by atoms with Crippen molar-refractivity contribution in [1.82, 2.24) is 4.90 Å². The zero-order valence-corrected chi connectivity index (χ0v) is 15.5. The summed E-state index contributed by atoms with van der Waals surface area (Å²) in [5.41, 5.74) is 2.28. The zero-order valence-electron chi connectivity index (χ0n) is 14.7. The maximum atomic E-state index is 13.0. The highest BCUT2D eigenvalue weighted by molar-refractivity contribution is 7.14. The third-order valence-corrected chi connectivity index (χ3v) is 5.94. The normalized spacial score (nSPS) is 14.8. The third kappa shape index (κ3) is 3.34. The predicted molar refractivity (Wildman–Crippen MR) is 100 cm³/mol. The molecule has 0 aliphatic heterocycles. The Balaban J connectivity index is 1.85. The fourth-order valence-electron chi connectivity index (χ4n) is 3.57. The third-order valence-electron chi connectivity index (χ3n) is 4.90. The second-order valence-electron chi connectivity index (χ2n) is 6.34. The van der Waals surface area contributed by atoms with Gasteiger partial charge in [0.15, 0.2) is 0 Å². The van der Waals surface area contributed by atoms with Crippen molar-refractivity contribution in [2.75, 3.05) is 13.7 Å². The number of aryl methyl sites for hydroxylation is 1. The number of methoxy groups -OCH3 is 1. The Morgan fingerprint density at radius 2 is 1.92 bits per heavy atom. The molecule has 1 saturated carbocycles. The molecule has 1 heterocycles. The van der Waals surface area contributed by atoms with Gasteiger partial charge < -0.3 is 9.64 Å². The van der Waals surface area contributed by atoms with Crippen LogP contribution in [-0.4, -0.2) is 30.5 Å². The molecule has 0 N–H and O–H groups in total. The smallest absolute Gasteiger partial charge is 0.264 e. The van der Waals surface area contributed by atoms with Crippen LogP contribution in [0.4, 0.5) is 0 Å². The summed E-state index contributed by atoms with van der Waals surface area (Å²) in [6.07, 6.45) is 4.79. The lowest BCUT2D eigenvalue weighted by Gasteiger charge is -2.27. The molecule has 1 aromatic heterocycles. The Morgan fingerprint density at radius 3 is 2.50 bits per heavy atom. The van der Waals surface area contributed by atoms with Crippen LogP contribution >= 0.6 is 11.3 Å². The van der Waals surface area contributed by atoms with Crippen molar-refractivity contribution >= 4 is 17.2 Å². The first-order valence-corrected chi connectivity index (χ1v) is 9.51. The van der Waals surface area contributed by atoms with Crippen molar-refractivity contribution in [2.45, 2.75) is 45.6 Å². The number of rotatable bonds is 5. The van der Waals surface area contributed by atoms with Crippen LogP contribution in [0.15, 0.2) is 30.3 Å². The van der Waals surface area contributed by atoms with E-state index in [2.05, 4.69) is 36.9 Å². The Bertz CT molecular complexity index is 699. The molecule has 2 aromatic rings. The molecule has 3 nitrogen and oxygen atoms in total. The first kappa shape index (κ1) is 17.0. The number of carbonyl (C=O) groups excluding carboxylic acids is 1. The molecule has 1 aromatic carbocycles. The van der Waals surface area contributed by atoms with Crippen LogP contribution in [-0.2, 0) is 0 Å². The standard InChI is InChI=1S/C20H25NO2S/c1-4-21(16-7-5-6-8-16)20(22)19-13-18(14(2)24-19)15-9-11-17(23-3)12-10-15/h9-13,16H,4-8H2,1-3H3. The van der Waals surface area contributed by atoms with Gasteiger partial charge in [-0.3, -0.25) is 4.79 Å². The topological polar surface area (TPSA) is 29.5 Å². The molecule has 3 rings (SSSR count). The van der Waals surface area contributed by atoms with Crippen LogP contribution in [0.5, 0.6) is 5.75 Å².